The van der Waals surface area contributed by atoms with Gasteiger partial charge in [-0.15, -0.1) is 0 Å². The molecule has 0 amide bonds. The summed E-state index contributed by atoms with van der Waals surface area (Å²) >= 11 is 0. The van der Waals surface area contributed by atoms with Crippen molar-refractivity contribution in [3.8, 4) is 0 Å². The molecule has 46 heavy (non-hydrogen) atoms. The van der Waals surface area contributed by atoms with Gasteiger partial charge in [0.1, 0.15) is 6.61 Å². The van der Waals surface area contributed by atoms with Crippen LogP contribution in [-0.2, 0) is 19.1 Å². The van der Waals surface area contributed by atoms with Gasteiger partial charge in [0.2, 0.25) is 0 Å². The second-order valence-corrected chi connectivity index (χ2v) is 13.0. The molecule has 0 rings (SSSR count). The fraction of sp³-hybridized carbons (Fsp3) is 0.805. The molecule has 1 atom stereocenters. The molecule has 0 aliphatic heterocycles. The van der Waals surface area contributed by atoms with Crippen LogP contribution in [0, 0.1) is 0 Å². The van der Waals surface area contributed by atoms with Crippen molar-refractivity contribution < 1.29 is 24.2 Å². The number of unbranched alkanes of at least 4 members (excludes halogenated alkanes) is 21. The minimum atomic E-state index is -0.774. The zero-order chi connectivity index (χ0) is 33.6. The summed E-state index contributed by atoms with van der Waals surface area (Å²) in [7, 11) is 0. The molecule has 5 nitrogen and oxygen atoms in total. The van der Waals surface area contributed by atoms with Gasteiger partial charge < -0.3 is 14.6 Å². The van der Waals surface area contributed by atoms with Crippen LogP contribution in [0.3, 0.4) is 0 Å². The third kappa shape index (κ3) is 35.0. The van der Waals surface area contributed by atoms with Crippen LogP contribution < -0.4 is 0 Å². The molecule has 268 valence electrons. The van der Waals surface area contributed by atoms with Crippen molar-refractivity contribution >= 4 is 11.9 Å². The minimum Gasteiger partial charge on any atom is -0.462 e. The summed E-state index contributed by atoms with van der Waals surface area (Å²) < 4.78 is 10.6. The van der Waals surface area contributed by atoms with E-state index < -0.39 is 6.10 Å². The Labute approximate surface area is 285 Å². The zero-order valence-corrected chi connectivity index (χ0v) is 30.3. The maximum atomic E-state index is 12.2. The largest absolute Gasteiger partial charge is 0.462 e. The summed E-state index contributed by atoms with van der Waals surface area (Å²) in [5.41, 5.74) is 0. The lowest BCUT2D eigenvalue weighted by Gasteiger charge is -2.15. The van der Waals surface area contributed by atoms with Crippen LogP contribution in [0.2, 0.25) is 0 Å². The van der Waals surface area contributed by atoms with Crippen LogP contribution >= 0.6 is 0 Å². The number of hydrogen-bond acceptors (Lipinski definition) is 5. The van der Waals surface area contributed by atoms with E-state index in [-0.39, 0.29) is 25.2 Å². The number of ether oxygens (including phenoxy) is 2. The molecular formula is C41H74O5. The lowest BCUT2D eigenvalue weighted by atomic mass is 10.1. The number of aliphatic hydroxyl groups excluding tert-OH is 1. The Hall–Kier alpha value is -1.88. The summed E-state index contributed by atoms with van der Waals surface area (Å²) in [6.07, 6.45) is 44.8. The molecule has 0 saturated carbocycles. The van der Waals surface area contributed by atoms with E-state index in [4.69, 9.17) is 9.47 Å². The third-order valence-corrected chi connectivity index (χ3v) is 8.41. The maximum absolute atomic E-state index is 12.2. The zero-order valence-electron chi connectivity index (χ0n) is 30.3. The van der Waals surface area contributed by atoms with E-state index in [1.165, 1.54) is 116 Å². The monoisotopic (exact) mass is 647 g/mol. The first-order valence-corrected chi connectivity index (χ1v) is 19.5. The summed E-state index contributed by atoms with van der Waals surface area (Å²) in [4.78, 5) is 24.2. The highest BCUT2D eigenvalue weighted by molar-refractivity contribution is 5.70. The Morgan fingerprint density at radius 2 is 0.870 bits per heavy atom. The van der Waals surface area contributed by atoms with Crippen LogP contribution in [0.4, 0.5) is 0 Å². The fourth-order valence-corrected chi connectivity index (χ4v) is 5.40. The van der Waals surface area contributed by atoms with Crippen molar-refractivity contribution in [2.24, 2.45) is 0 Å². The van der Waals surface area contributed by atoms with Gasteiger partial charge in [-0.1, -0.05) is 147 Å². The van der Waals surface area contributed by atoms with Crippen molar-refractivity contribution in [3.63, 3.8) is 0 Å². The van der Waals surface area contributed by atoms with E-state index in [9.17, 15) is 14.7 Å². The Morgan fingerprint density at radius 1 is 0.500 bits per heavy atom. The first-order valence-electron chi connectivity index (χ1n) is 19.5. The van der Waals surface area contributed by atoms with Crippen LogP contribution in [0.1, 0.15) is 194 Å². The molecule has 0 aliphatic rings. The maximum Gasteiger partial charge on any atom is 0.306 e. The second-order valence-electron chi connectivity index (χ2n) is 13.0. The Bertz CT molecular complexity index is 741. The highest BCUT2D eigenvalue weighted by atomic mass is 16.6. The predicted octanol–water partition coefficient (Wildman–Crippen LogP) is 12.1. The van der Waals surface area contributed by atoms with Gasteiger partial charge >= 0.3 is 11.9 Å². The summed E-state index contributed by atoms with van der Waals surface area (Å²) in [5.74, 6) is -0.604. The highest BCUT2D eigenvalue weighted by Gasteiger charge is 2.16. The number of carbonyl (C=O) groups is 2. The number of allylic oxidation sites excluding steroid dienone is 6. The lowest BCUT2D eigenvalue weighted by Crippen LogP contribution is -2.28. The quantitative estimate of drug-likeness (QED) is 0.0421. The van der Waals surface area contributed by atoms with Gasteiger partial charge in [0, 0.05) is 12.8 Å². The van der Waals surface area contributed by atoms with Crippen molar-refractivity contribution in [2.45, 2.75) is 200 Å². The van der Waals surface area contributed by atoms with E-state index in [1.807, 2.05) is 0 Å². The molecular weight excluding hydrogens is 572 g/mol. The molecule has 0 aromatic carbocycles. The van der Waals surface area contributed by atoms with Gasteiger partial charge in [-0.2, -0.15) is 0 Å². The average molecular weight is 647 g/mol. The molecule has 5 heteroatoms. The van der Waals surface area contributed by atoms with Crippen molar-refractivity contribution in [3.05, 3.63) is 36.5 Å². The molecule has 0 fully saturated rings. The molecule has 1 N–H and O–H groups in total. The van der Waals surface area contributed by atoms with Gasteiger partial charge in [0.25, 0.3) is 0 Å². The summed E-state index contributed by atoms with van der Waals surface area (Å²) in [6, 6.07) is 0. The van der Waals surface area contributed by atoms with E-state index in [1.54, 1.807) is 0 Å². The number of rotatable bonds is 35. The smallest absolute Gasteiger partial charge is 0.306 e. The summed E-state index contributed by atoms with van der Waals surface area (Å²) in [6.45, 7) is 4.08. The molecule has 0 heterocycles. The topological polar surface area (TPSA) is 72.8 Å². The molecule has 0 unspecified atom stereocenters. The minimum absolute atomic E-state index is 0.0708. The van der Waals surface area contributed by atoms with Gasteiger partial charge in [-0.3, -0.25) is 9.59 Å². The number of esters is 2. The van der Waals surface area contributed by atoms with Gasteiger partial charge in [-0.05, 0) is 70.6 Å². The fourth-order valence-electron chi connectivity index (χ4n) is 5.40. The number of aliphatic hydroxyl groups is 1. The van der Waals surface area contributed by atoms with Gasteiger partial charge in [-0.25, -0.2) is 0 Å². The molecule has 0 bridgehead atoms. The molecule has 0 aromatic heterocycles. The van der Waals surface area contributed by atoms with E-state index >= 15 is 0 Å². The van der Waals surface area contributed by atoms with Crippen LogP contribution in [-0.4, -0.2) is 36.4 Å². The second kappa shape index (κ2) is 37.6. The molecule has 0 spiro atoms. The van der Waals surface area contributed by atoms with Crippen LogP contribution in [0.5, 0.6) is 0 Å². The SMILES string of the molecule is CCCCC/C=C/C/C=C/CCCCCCCCCCCC(=O)O[C@@H](CO)COC(=O)CCCCCCC/C=C/CCCCCC. The summed E-state index contributed by atoms with van der Waals surface area (Å²) in [5, 5.41) is 9.54. The Morgan fingerprint density at radius 3 is 1.35 bits per heavy atom. The number of hydrogen-bond donors (Lipinski definition) is 1. The van der Waals surface area contributed by atoms with Crippen LogP contribution in [0.25, 0.3) is 0 Å². The molecule has 0 aliphatic carbocycles. The predicted molar refractivity (Wildman–Crippen MR) is 196 cm³/mol. The molecule has 0 saturated heterocycles. The van der Waals surface area contributed by atoms with Crippen molar-refractivity contribution in [1.82, 2.24) is 0 Å². The Balaban J connectivity index is 3.56. The van der Waals surface area contributed by atoms with E-state index in [2.05, 4.69) is 50.3 Å². The first kappa shape index (κ1) is 44.1. The van der Waals surface area contributed by atoms with Crippen LogP contribution in [0.15, 0.2) is 36.5 Å². The first-order chi connectivity index (χ1) is 22.6. The molecule has 0 aromatic rings. The van der Waals surface area contributed by atoms with E-state index in [0.29, 0.717) is 12.8 Å². The van der Waals surface area contributed by atoms with Crippen molar-refractivity contribution in [1.29, 1.82) is 0 Å². The van der Waals surface area contributed by atoms with Crippen molar-refractivity contribution in [2.75, 3.05) is 13.2 Å². The van der Waals surface area contributed by atoms with E-state index in [0.717, 1.165) is 51.4 Å². The molecule has 0 radical (unpaired) electrons. The average Bonchev–Trinajstić information content (AvgIpc) is 3.06. The third-order valence-electron chi connectivity index (χ3n) is 8.41. The Kier molecular flexibility index (Phi) is 36.0. The lowest BCUT2D eigenvalue weighted by molar-refractivity contribution is -0.161. The number of carbonyl (C=O) groups excluding carboxylic acids is 2. The normalized spacial score (nSPS) is 12.5. The van der Waals surface area contributed by atoms with Gasteiger partial charge in [0.05, 0.1) is 6.61 Å². The highest BCUT2D eigenvalue weighted by Crippen LogP contribution is 2.13. The van der Waals surface area contributed by atoms with Gasteiger partial charge in [0.15, 0.2) is 6.10 Å². The standard InChI is InChI=1S/C41H74O5/c1-3-5-7-9-11-13-15-17-18-19-20-21-22-24-26-28-30-32-34-36-41(44)46-39(37-42)38-45-40(43)35-33-31-29-27-25-23-16-14-12-10-8-6-4-2/h11,13-14,16-18,39,42H,3-10,12,15,19-38H2,1-2H3/b13-11+,16-14+,18-17+/t39-/m0/s1.